The Morgan fingerprint density at radius 2 is 1.87 bits per heavy atom. The minimum atomic E-state index is -4.83. The fraction of sp³-hybridized carbons (Fsp3) is 0.214. The molecule has 0 N–H and O–H groups in total. The minimum absolute atomic E-state index is 0.0364. The van der Waals surface area contributed by atoms with Gasteiger partial charge in [-0.3, -0.25) is 4.98 Å². The summed E-state index contributed by atoms with van der Waals surface area (Å²) in [6.45, 7) is 3.29. The van der Waals surface area contributed by atoms with Crippen molar-refractivity contribution in [3.63, 3.8) is 0 Å². The van der Waals surface area contributed by atoms with Gasteiger partial charge in [-0.05, 0) is 25.1 Å². The minimum Gasteiger partial charge on any atom is -0.421 e. The highest BCUT2D eigenvalue weighted by molar-refractivity contribution is 6.35. The number of alkyl halides is 3. The quantitative estimate of drug-likeness (QED) is 0.687. The molecule has 0 spiro atoms. The molecule has 0 aliphatic carbocycles. The Balaban J connectivity index is 2.30. The van der Waals surface area contributed by atoms with Crippen molar-refractivity contribution >= 4 is 22.5 Å². The molecule has 23 heavy (non-hydrogen) atoms. The fourth-order valence-electron chi connectivity index (χ4n) is 2.14. The van der Waals surface area contributed by atoms with Gasteiger partial charge in [0.2, 0.25) is 11.8 Å². The molecule has 3 aromatic rings. The largest absolute Gasteiger partial charge is 0.573 e. The van der Waals surface area contributed by atoms with Crippen molar-refractivity contribution in [3.8, 4) is 17.2 Å². The van der Waals surface area contributed by atoms with Gasteiger partial charge in [0.25, 0.3) is 0 Å². The number of nitrogens with zero attached hydrogens (tertiary/aromatic N) is 3. The fourth-order valence-corrected chi connectivity index (χ4v) is 2.44. The van der Waals surface area contributed by atoms with Gasteiger partial charge in [0.15, 0.2) is 0 Å². The highest BCUT2D eigenvalue weighted by atomic mass is 35.5. The third-order valence-electron chi connectivity index (χ3n) is 2.95. The zero-order valence-electron chi connectivity index (χ0n) is 11.9. The molecular formula is C14H9ClF3N3O2. The lowest BCUT2D eigenvalue weighted by atomic mass is 10.1. The van der Waals surface area contributed by atoms with Crippen LogP contribution in [-0.2, 0) is 0 Å². The molecule has 0 saturated carbocycles. The number of hydrogen-bond acceptors (Lipinski definition) is 5. The summed E-state index contributed by atoms with van der Waals surface area (Å²) >= 11 is 6.13. The molecule has 0 aliphatic rings. The van der Waals surface area contributed by atoms with E-state index in [-0.39, 0.29) is 22.4 Å². The first kappa shape index (κ1) is 15.5. The van der Waals surface area contributed by atoms with Crippen LogP contribution in [0.4, 0.5) is 13.2 Å². The van der Waals surface area contributed by atoms with Crippen LogP contribution in [0.2, 0.25) is 5.02 Å². The van der Waals surface area contributed by atoms with Crippen molar-refractivity contribution in [2.45, 2.75) is 20.2 Å². The number of ether oxygens (including phenoxy) is 1. The Bertz CT molecular complexity index is 893. The average Bonchev–Trinajstić information content (AvgIpc) is 2.83. The molecular weight excluding hydrogens is 335 g/mol. The van der Waals surface area contributed by atoms with Crippen LogP contribution >= 0.6 is 11.6 Å². The number of aryl methyl sites for hydroxylation is 2. The summed E-state index contributed by atoms with van der Waals surface area (Å²) in [7, 11) is 0. The molecule has 0 fully saturated rings. The van der Waals surface area contributed by atoms with E-state index in [1.54, 1.807) is 19.9 Å². The van der Waals surface area contributed by atoms with Crippen molar-refractivity contribution in [1.82, 2.24) is 15.2 Å². The van der Waals surface area contributed by atoms with E-state index in [9.17, 15) is 13.2 Å². The van der Waals surface area contributed by atoms with Gasteiger partial charge in [-0.1, -0.05) is 11.6 Å². The number of benzene rings is 1. The van der Waals surface area contributed by atoms with Crippen LogP contribution in [0, 0.1) is 13.8 Å². The van der Waals surface area contributed by atoms with Crippen LogP contribution in [0.3, 0.4) is 0 Å². The van der Waals surface area contributed by atoms with Gasteiger partial charge in [-0.15, -0.1) is 23.4 Å². The monoisotopic (exact) mass is 343 g/mol. The zero-order chi connectivity index (χ0) is 16.8. The van der Waals surface area contributed by atoms with E-state index in [4.69, 9.17) is 16.0 Å². The molecule has 2 aromatic heterocycles. The maximum Gasteiger partial charge on any atom is 0.573 e. The van der Waals surface area contributed by atoms with E-state index in [1.807, 2.05) is 0 Å². The molecule has 1 aromatic carbocycles. The molecule has 0 saturated heterocycles. The van der Waals surface area contributed by atoms with Gasteiger partial charge >= 0.3 is 6.36 Å². The van der Waals surface area contributed by atoms with Gasteiger partial charge in [0.05, 0.1) is 16.1 Å². The normalized spacial score (nSPS) is 11.9. The first-order chi connectivity index (χ1) is 10.7. The second kappa shape index (κ2) is 5.38. The van der Waals surface area contributed by atoms with E-state index in [0.717, 1.165) is 6.07 Å². The molecule has 0 aliphatic heterocycles. The lowest BCUT2D eigenvalue weighted by Gasteiger charge is -2.12. The van der Waals surface area contributed by atoms with Gasteiger partial charge in [0, 0.05) is 18.0 Å². The van der Waals surface area contributed by atoms with Crippen molar-refractivity contribution < 1.29 is 22.3 Å². The smallest absolute Gasteiger partial charge is 0.421 e. The van der Waals surface area contributed by atoms with E-state index in [1.165, 1.54) is 6.07 Å². The Labute approximate surface area is 133 Å². The number of hydrogen-bond donors (Lipinski definition) is 0. The van der Waals surface area contributed by atoms with Crippen molar-refractivity contribution in [2.24, 2.45) is 0 Å². The van der Waals surface area contributed by atoms with Crippen LogP contribution in [0.15, 0.2) is 22.6 Å². The predicted octanol–water partition coefficient (Wildman–Crippen LogP) is 4.45. The molecule has 0 unspecified atom stereocenters. The molecule has 0 amide bonds. The SMILES string of the molecule is Cc1cc(Cl)c2cc(OC(F)(F)F)cc(-c3nnc(C)o3)c2n1. The Hall–Kier alpha value is -2.35. The standard InChI is InChI=1S/C14H9ClF3N3O2/c1-6-3-11(15)9-4-8(23-14(16,17)18)5-10(12(9)19-6)13-21-20-7(2)22-13/h3-5H,1-2H3. The number of aromatic nitrogens is 3. The maximum atomic E-state index is 12.5. The molecule has 0 atom stereocenters. The average molecular weight is 344 g/mol. The maximum absolute atomic E-state index is 12.5. The van der Waals surface area contributed by atoms with Crippen LogP contribution in [0.25, 0.3) is 22.4 Å². The van der Waals surface area contributed by atoms with Crippen LogP contribution in [-0.4, -0.2) is 21.5 Å². The summed E-state index contributed by atoms with van der Waals surface area (Å²) in [6.07, 6.45) is -4.83. The molecule has 9 heteroatoms. The summed E-state index contributed by atoms with van der Waals surface area (Å²) in [5.74, 6) is -0.133. The summed E-state index contributed by atoms with van der Waals surface area (Å²) < 4.78 is 46.9. The molecule has 5 nitrogen and oxygen atoms in total. The van der Waals surface area contributed by atoms with Gasteiger partial charge in [0.1, 0.15) is 5.75 Å². The van der Waals surface area contributed by atoms with Crippen molar-refractivity contribution in [2.75, 3.05) is 0 Å². The zero-order valence-corrected chi connectivity index (χ0v) is 12.7. The summed E-state index contributed by atoms with van der Waals surface area (Å²) in [6, 6.07) is 3.86. The Morgan fingerprint density at radius 3 is 2.48 bits per heavy atom. The second-order valence-electron chi connectivity index (χ2n) is 4.79. The van der Waals surface area contributed by atoms with E-state index in [2.05, 4.69) is 19.9 Å². The highest BCUT2D eigenvalue weighted by Crippen LogP contribution is 2.36. The van der Waals surface area contributed by atoms with Crippen LogP contribution in [0.1, 0.15) is 11.6 Å². The third-order valence-corrected chi connectivity index (χ3v) is 3.27. The number of halogens is 4. The van der Waals surface area contributed by atoms with E-state index in [0.29, 0.717) is 16.6 Å². The number of fused-ring (bicyclic) bond motifs is 1. The molecule has 0 radical (unpaired) electrons. The lowest BCUT2D eigenvalue weighted by Crippen LogP contribution is -2.17. The van der Waals surface area contributed by atoms with Crippen LogP contribution in [0.5, 0.6) is 5.75 Å². The first-order valence-corrected chi connectivity index (χ1v) is 6.78. The Morgan fingerprint density at radius 1 is 1.13 bits per heavy atom. The van der Waals surface area contributed by atoms with Crippen molar-refractivity contribution in [1.29, 1.82) is 0 Å². The van der Waals surface area contributed by atoms with Gasteiger partial charge < -0.3 is 9.15 Å². The highest BCUT2D eigenvalue weighted by Gasteiger charge is 2.32. The van der Waals surface area contributed by atoms with E-state index < -0.39 is 12.1 Å². The molecule has 3 rings (SSSR count). The topological polar surface area (TPSA) is 61.0 Å². The van der Waals surface area contributed by atoms with E-state index >= 15 is 0 Å². The number of pyridine rings is 1. The molecule has 120 valence electrons. The van der Waals surface area contributed by atoms with Crippen molar-refractivity contribution in [3.05, 3.63) is 34.8 Å². The summed E-state index contributed by atoms with van der Waals surface area (Å²) in [4.78, 5) is 4.31. The molecule has 0 bridgehead atoms. The Kier molecular flexibility index (Phi) is 3.63. The lowest BCUT2D eigenvalue weighted by molar-refractivity contribution is -0.274. The van der Waals surface area contributed by atoms with Gasteiger partial charge in [-0.2, -0.15) is 0 Å². The van der Waals surface area contributed by atoms with Gasteiger partial charge in [-0.25, -0.2) is 0 Å². The molecule has 2 heterocycles. The predicted molar refractivity (Wildman–Crippen MR) is 76.2 cm³/mol. The first-order valence-electron chi connectivity index (χ1n) is 6.40. The number of rotatable bonds is 2. The second-order valence-corrected chi connectivity index (χ2v) is 5.19. The summed E-state index contributed by atoms with van der Waals surface area (Å²) in [5.41, 5.74) is 1.17. The summed E-state index contributed by atoms with van der Waals surface area (Å²) in [5, 5.41) is 8.05. The van der Waals surface area contributed by atoms with Crippen LogP contribution < -0.4 is 4.74 Å². The third kappa shape index (κ3) is 3.21.